The van der Waals surface area contributed by atoms with Crippen molar-refractivity contribution in [2.75, 3.05) is 16.3 Å². The van der Waals surface area contributed by atoms with Crippen molar-refractivity contribution in [3.8, 4) is 0 Å². The van der Waals surface area contributed by atoms with Crippen molar-refractivity contribution in [2.24, 2.45) is 18.9 Å². The monoisotopic (exact) mass is 629 g/mol. The molecule has 8 nitrogen and oxygen atoms in total. The van der Waals surface area contributed by atoms with E-state index >= 15 is 0 Å². The molecule has 0 unspecified atom stereocenters. The Hall–Kier alpha value is -3.80. The number of aromatic nitrogens is 5. The zero-order valence-corrected chi connectivity index (χ0v) is 24.9. The first-order valence-electron chi connectivity index (χ1n) is 14.7. The number of hydrogen-bond donors (Lipinski definition) is 0. The summed E-state index contributed by atoms with van der Waals surface area (Å²) in [5, 5.41) is 13.2. The highest BCUT2D eigenvalue weighted by Crippen LogP contribution is 2.40. The zero-order chi connectivity index (χ0) is 31.0. The van der Waals surface area contributed by atoms with Gasteiger partial charge in [-0.3, -0.25) is 0 Å². The molecule has 0 spiro atoms. The number of benzene rings is 2. The number of tetrazole rings is 1. The minimum absolute atomic E-state index is 0.0232. The van der Waals surface area contributed by atoms with Crippen LogP contribution in [0.25, 0.3) is 10.9 Å². The number of aryl methyl sites for hydroxylation is 1. The van der Waals surface area contributed by atoms with Gasteiger partial charge in [0.05, 0.1) is 18.1 Å². The number of carbonyl (C=O) groups excluding carboxylic acids is 1. The molecule has 2 aliphatic rings. The Labute approximate surface area is 257 Å². The van der Waals surface area contributed by atoms with Gasteiger partial charge in [0.25, 0.3) is 5.95 Å². The highest BCUT2D eigenvalue weighted by molar-refractivity contribution is 6.30. The van der Waals surface area contributed by atoms with Crippen LogP contribution in [0.4, 0.5) is 29.3 Å². The zero-order valence-electron chi connectivity index (χ0n) is 24.1. The molecule has 2 aromatic carbocycles. The third-order valence-electron chi connectivity index (χ3n) is 8.76. The second kappa shape index (κ2) is 12.3. The average molecular weight is 630 g/mol. The molecule has 6 rings (SSSR count). The average Bonchev–Trinajstić information content (AvgIpc) is 3.65. The van der Waals surface area contributed by atoms with Crippen LogP contribution in [0.5, 0.6) is 0 Å². The molecule has 2 aromatic heterocycles. The molecule has 1 saturated carbocycles. The van der Waals surface area contributed by atoms with Crippen LogP contribution in [0.15, 0.2) is 42.5 Å². The topological polar surface area (TPSA) is 80.0 Å². The van der Waals surface area contributed by atoms with Gasteiger partial charge in [-0.15, -0.1) is 5.10 Å². The van der Waals surface area contributed by atoms with Crippen molar-refractivity contribution in [1.82, 2.24) is 25.2 Å². The number of anilines is 2. The van der Waals surface area contributed by atoms with E-state index in [0.29, 0.717) is 22.8 Å². The lowest BCUT2D eigenvalue weighted by molar-refractivity contribution is -0.137. The van der Waals surface area contributed by atoms with E-state index in [-0.39, 0.29) is 41.8 Å². The standard InChI is InChI=1S/C31H32ClF4N7O/c1-41-39-30(38-40-41)42(16-20-11-24(31(34,35)36)14-25(32)12-20)17-23-13-22-8-9-26(33)15-27(22)37-29(23)43-10-2-3-28(43)21-6-4-19(18-44)5-7-21/h8-9,11-15,18-19,21,28H,2-7,10,16-17H2,1H3/t19?,21?,28-/m1/s1. The Morgan fingerprint density at radius 1 is 1.05 bits per heavy atom. The number of carbonyl (C=O) groups is 1. The van der Waals surface area contributed by atoms with E-state index < -0.39 is 11.7 Å². The fourth-order valence-corrected chi connectivity index (χ4v) is 6.94. The van der Waals surface area contributed by atoms with Crippen LogP contribution in [0.3, 0.4) is 0 Å². The molecule has 0 N–H and O–H groups in total. The molecule has 13 heteroatoms. The van der Waals surface area contributed by atoms with E-state index in [0.717, 1.165) is 74.4 Å². The van der Waals surface area contributed by atoms with Crippen molar-refractivity contribution in [3.63, 3.8) is 0 Å². The third-order valence-corrected chi connectivity index (χ3v) is 8.98. The van der Waals surface area contributed by atoms with Gasteiger partial charge < -0.3 is 14.6 Å². The van der Waals surface area contributed by atoms with Gasteiger partial charge in [-0.25, -0.2) is 9.37 Å². The molecule has 4 aromatic rings. The lowest BCUT2D eigenvalue weighted by atomic mass is 9.78. The number of rotatable bonds is 8. The van der Waals surface area contributed by atoms with E-state index in [9.17, 15) is 22.4 Å². The Balaban J connectivity index is 1.39. The normalized spacial score (nSPS) is 20.8. The molecule has 2 fully saturated rings. The number of aldehydes is 1. The number of alkyl halides is 3. The smallest absolute Gasteiger partial charge is 0.353 e. The van der Waals surface area contributed by atoms with E-state index in [1.807, 2.05) is 6.07 Å². The molecule has 1 aliphatic carbocycles. The second-order valence-corrected chi connectivity index (χ2v) is 12.2. The highest BCUT2D eigenvalue weighted by atomic mass is 35.5. The van der Waals surface area contributed by atoms with Gasteiger partial charge in [0.1, 0.15) is 17.9 Å². The Morgan fingerprint density at radius 3 is 2.55 bits per heavy atom. The van der Waals surface area contributed by atoms with Crippen molar-refractivity contribution in [2.45, 2.75) is 63.8 Å². The van der Waals surface area contributed by atoms with Gasteiger partial charge in [-0.05, 0) is 91.6 Å². The van der Waals surface area contributed by atoms with Gasteiger partial charge in [0.15, 0.2) is 0 Å². The first-order chi connectivity index (χ1) is 21.1. The number of nitrogens with zero attached hydrogens (tertiary/aromatic N) is 7. The summed E-state index contributed by atoms with van der Waals surface area (Å²) in [6.07, 6.45) is 2.10. The maximum absolute atomic E-state index is 14.3. The predicted octanol–water partition coefficient (Wildman–Crippen LogP) is 6.75. The second-order valence-electron chi connectivity index (χ2n) is 11.8. The lowest BCUT2D eigenvalue weighted by Crippen LogP contribution is -2.39. The Kier molecular flexibility index (Phi) is 8.45. The fourth-order valence-electron chi connectivity index (χ4n) is 6.68. The molecule has 0 amide bonds. The van der Waals surface area contributed by atoms with Crippen LogP contribution < -0.4 is 9.80 Å². The van der Waals surface area contributed by atoms with Crippen molar-refractivity contribution < 1.29 is 22.4 Å². The van der Waals surface area contributed by atoms with E-state index in [1.54, 1.807) is 18.0 Å². The maximum atomic E-state index is 14.3. The first kappa shape index (κ1) is 30.2. The molecule has 1 saturated heterocycles. The summed E-state index contributed by atoms with van der Waals surface area (Å²) in [5.41, 5.74) is 0.822. The molecular weight excluding hydrogens is 598 g/mol. The summed E-state index contributed by atoms with van der Waals surface area (Å²) in [6.45, 7) is 0.997. The summed E-state index contributed by atoms with van der Waals surface area (Å²) in [7, 11) is 1.61. The van der Waals surface area contributed by atoms with Gasteiger partial charge in [0.2, 0.25) is 0 Å². The van der Waals surface area contributed by atoms with Gasteiger partial charge >= 0.3 is 6.18 Å². The number of fused-ring (bicyclic) bond motifs is 1. The largest absolute Gasteiger partial charge is 0.416 e. The Bertz CT molecular complexity index is 1650. The van der Waals surface area contributed by atoms with E-state index in [4.69, 9.17) is 16.6 Å². The third kappa shape index (κ3) is 6.50. The van der Waals surface area contributed by atoms with Crippen LogP contribution in [0.2, 0.25) is 5.02 Å². The van der Waals surface area contributed by atoms with Crippen LogP contribution >= 0.6 is 11.6 Å². The van der Waals surface area contributed by atoms with Crippen LogP contribution in [0, 0.1) is 17.7 Å². The predicted molar refractivity (Wildman–Crippen MR) is 159 cm³/mol. The number of pyridine rings is 1. The summed E-state index contributed by atoms with van der Waals surface area (Å²) >= 11 is 6.11. The van der Waals surface area contributed by atoms with E-state index in [2.05, 4.69) is 20.3 Å². The molecular formula is C31H32ClF4N7O. The first-order valence-corrected chi connectivity index (χ1v) is 15.1. The Morgan fingerprint density at radius 2 is 1.84 bits per heavy atom. The molecule has 3 heterocycles. The van der Waals surface area contributed by atoms with Gasteiger partial charge in [-0.2, -0.15) is 18.0 Å². The molecule has 1 aliphatic heterocycles. The highest BCUT2D eigenvalue weighted by Gasteiger charge is 2.36. The van der Waals surface area contributed by atoms with E-state index in [1.165, 1.54) is 23.0 Å². The van der Waals surface area contributed by atoms with Gasteiger partial charge in [-0.1, -0.05) is 16.7 Å². The molecule has 232 valence electrons. The number of hydrogen-bond acceptors (Lipinski definition) is 7. The fraction of sp³-hybridized carbons (Fsp3) is 0.452. The summed E-state index contributed by atoms with van der Waals surface area (Å²) in [6, 6.07) is 10.1. The van der Waals surface area contributed by atoms with Crippen molar-refractivity contribution >= 4 is 40.6 Å². The molecule has 44 heavy (non-hydrogen) atoms. The number of halogens is 5. The van der Waals surface area contributed by atoms with Gasteiger partial charge in [0, 0.05) is 53.6 Å². The quantitative estimate of drug-likeness (QED) is 0.158. The molecule has 1 atom stereocenters. The van der Waals surface area contributed by atoms with Crippen LogP contribution in [-0.2, 0) is 31.1 Å². The van der Waals surface area contributed by atoms with Crippen LogP contribution in [-0.4, -0.2) is 44.1 Å². The molecule has 0 radical (unpaired) electrons. The minimum atomic E-state index is -4.56. The molecule has 0 bridgehead atoms. The maximum Gasteiger partial charge on any atom is 0.416 e. The SMILES string of the molecule is Cn1nnc(N(Cc2cc(Cl)cc(C(F)(F)F)c2)Cc2cc3ccc(F)cc3nc2N2CCC[C@@H]2C2CCC(C=O)CC2)n1. The van der Waals surface area contributed by atoms with Crippen LogP contribution in [0.1, 0.15) is 55.2 Å². The summed E-state index contributed by atoms with van der Waals surface area (Å²) in [4.78, 5) is 21.7. The lowest BCUT2D eigenvalue weighted by Gasteiger charge is -2.37. The van der Waals surface area contributed by atoms with Crippen molar-refractivity contribution in [1.29, 1.82) is 0 Å². The van der Waals surface area contributed by atoms with Crippen molar-refractivity contribution in [3.05, 3.63) is 70.0 Å². The minimum Gasteiger partial charge on any atom is -0.353 e. The summed E-state index contributed by atoms with van der Waals surface area (Å²) < 4.78 is 55.2. The summed E-state index contributed by atoms with van der Waals surface area (Å²) in [5.74, 6) is 1.06.